The van der Waals surface area contributed by atoms with Crippen LogP contribution in [0.4, 0.5) is 5.95 Å². The van der Waals surface area contributed by atoms with Crippen LogP contribution in [0.15, 0.2) is 18.5 Å². The van der Waals surface area contributed by atoms with E-state index in [1.165, 1.54) is 6.26 Å². The summed E-state index contributed by atoms with van der Waals surface area (Å²) in [6, 6.07) is 1.80. The molecule has 0 amide bonds. The Morgan fingerprint density at radius 2 is 1.67 bits per heavy atom. The first kappa shape index (κ1) is 11.9. The summed E-state index contributed by atoms with van der Waals surface area (Å²) in [4.78, 5) is 10.6. The molecule has 0 saturated carbocycles. The number of fused-ring (bicyclic) bond motifs is 1. The average molecular weight is 268 g/mol. The third-order valence-electron chi connectivity index (χ3n) is 3.76. The molecule has 0 spiro atoms. The first-order valence-corrected chi connectivity index (χ1v) is 7.86. The van der Waals surface area contributed by atoms with Crippen LogP contribution in [0.1, 0.15) is 0 Å². The van der Waals surface area contributed by atoms with Crippen LogP contribution < -0.4 is 4.90 Å². The lowest BCUT2D eigenvalue weighted by molar-refractivity contribution is 0.457. The fraction of sp³-hybridized carbons (Fsp3) is 0.636. The summed E-state index contributed by atoms with van der Waals surface area (Å²) < 4.78 is 24.6. The molecule has 0 radical (unpaired) electrons. The molecule has 2 aliphatic heterocycles. The topological polar surface area (TPSA) is 66.4 Å². The van der Waals surface area contributed by atoms with Crippen molar-refractivity contribution in [3.05, 3.63) is 18.5 Å². The van der Waals surface area contributed by atoms with E-state index in [4.69, 9.17) is 0 Å². The van der Waals surface area contributed by atoms with Crippen LogP contribution >= 0.6 is 0 Å². The fourth-order valence-electron chi connectivity index (χ4n) is 2.84. The number of nitrogens with zero attached hydrogens (tertiary/aromatic N) is 4. The van der Waals surface area contributed by atoms with Gasteiger partial charge in [0.1, 0.15) is 0 Å². The highest BCUT2D eigenvalue weighted by Gasteiger charge is 2.43. The highest BCUT2D eigenvalue weighted by Crippen LogP contribution is 2.33. The molecular formula is C11H16N4O2S. The maximum Gasteiger partial charge on any atom is 0.225 e. The maximum absolute atomic E-state index is 11.5. The number of hydrogen-bond acceptors (Lipinski definition) is 5. The normalized spacial score (nSPS) is 28.6. The number of sulfonamides is 1. The van der Waals surface area contributed by atoms with Crippen LogP contribution in [0.25, 0.3) is 0 Å². The lowest BCUT2D eigenvalue weighted by Gasteiger charge is -2.19. The SMILES string of the molecule is CS(=O)(=O)N1CC2CN(c3ncccn3)CC2C1. The molecule has 18 heavy (non-hydrogen) atoms. The second-order valence-corrected chi connectivity index (χ2v) is 7.04. The molecule has 98 valence electrons. The lowest BCUT2D eigenvalue weighted by atomic mass is 10.0. The van der Waals surface area contributed by atoms with E-state index in [1.54, 1.807) is 22.8 Å². The van der Waals surface area contributed by atoms with Crippen molar-refractivity contribution in [1.29, 1.82) is 0 Å². The van der Waals surface area contributed by atoms with Crippen LogP contribution in [-0.2, 0) is 10.0 Å². The molecule has 3 heterocycles. The van der Waals surface area contributed by atoms with E-state index in [2.05, 4.69) is 14.9 Å². The Bertz CT molecular complexity index is 519. The largest absolute Gasteiger partial charge is 0.340 e. The zero-order valence-electron chi connectivity index (χ0n) is 10.2. The molecule has 2 aliphatic rings. The molecule has 7 heteroatoms. The Kier molecular flexibility index (Phi) is 2.74. The van der Waals surface area contributed by atoms with Crippen LogP contribution in [-0.4, -0.2) is 55.1 Å². The quantitative estimate of drug-likeness (QED) is 0.743. The molecular weight excluding hydrogens is 252 g/mol. The van der Waals surface area contributed by atoms with Crippen molar-refractivity contribution >= 4 is 16.0 Å². The standard InChI is InChI=1S/C11H16N4O2S/c1-18(16,17)15-7-9-5-14(6-10(9)8-15)11-12-3-2-4-13-11/h2-4,9-10H,5-8H2,1H3. The fourth-order valence-corrected chi connectivity index (χ4v) is 3.76. The monoisotopic (exact) mass is 268 g/mol. The third kappa shape index (κ3) is 2.08. The molecule has 2 unspecified atom stereocenters. The Balaban J connectivity index is 1.70. The van der Waals surface area contributed by atoms with Crippen molar-refractivity contribution in [2.45, 2.75) is 0 Å². The molecule has 0 aromatic carbocycles. The highest BCUT2D eigenvalue weighted by atomic mass is 32.2. The van der Waals surface area contributed by atoms with Gasteiger partial charge in [-0.15, -0.1) is 0 Å². The number of rotatable bonds is 2. The first-order valence-electron chi connectivity index (χ1n) is 6.01. The Labute approximate surface area is 107 Å². The summed E-state index contributed by atoms with van der Waals surface area (Å²) in [6.45, 7) is 2.96. The molecule has 6 nitrogen and oxygen atoms in total. The smallest absolute Gasteiger partial charge is 0.225 e. The molecule has 0 N–H and O–H groups in total. The molecule has 3 rings (SSSR count). The van der Waals surface area contributed by atoms with E-state index in [1.807, 2.05) is 0 Å². The van der Waals surface area contributed by atoms with Crippen molar-refractivity contribution in [3.63, 3.8) is 0 Å². The second kappa shape index (κ2) is 4.17. The molecule has 2 atom stereocenters. The Morgan fingerprint density at radius 1 is 1.11 bits per heavy atom. The number of aromatic nitrogens is 2. The molecule has 2 saturated heterocycles. The van der Waals surface area contributed by atoms with Crippen molar-refractivity contribution in [2.75, 3.05) is 37.3 Å². The van der Waals surface area contributed by atoms with Gasteiger partial charge in [-0.3, -0.25) is 0 Å². The van der Waals surface area contributed by atoms with Crippen molar-refractivity contribution in [3.8, 4) is 0 Å². The maximum atomic E-state index is 11.5. The van der Waals surface area contributed by atoms with Gasteiger partial charge in [0.2, 0.25) is 16.0 Å². The van der Waals surface area contributed by atoms with Gasteiger partial charge in [-0.05, 0) is 17.9 Å². The van der Waals surface area contributed by atoms with Gasteiger partial charge in [0.15, 0.2) is 0 Å². The van der Waals surface area contributed by atoms with Crippen LogP contribution in [0.3, 0.4) is 0 Å². The first-order chi connectivity index (χ1) is 8.54. The minimum absolute atomic E-state index is 0.406. The molecule has 1 aromatic heterocycles. The van der Waals surface area contributed by atoms with E-state index in [-0.39, 0.29) is 0 Å². The molecule has 0 aliphatic carbocycles. The lowest BCUT2D eigenvalue weighted by Crippen LogP contribution is -2.33. The predicted octanol–water partition coefficient (Wildman–Crippen LogP) is -0.196. The summed E-state index contributed by atoms with van der Waals surface area (Å²) in [7, 11) is -3.04. The Morgan fingerprint density at radius 3 is 2.17 bits per heavy atom. The number of anilines is 1. The highest BCUT2D eigenvalue weighted by molar-refractivity contribution is 7.88. The Hall–Kier alpha value is -1.21. The van der Waals surface area contributed by atoms with Gasteiger partial charge in [-0.2, -0.15) is 0 Å². The summed E-state index contributed by atoms with van der Waals surface area (Å²) in [6.07, 6.45) is 4.75. The van der Waals surface area contributed by atoms with E-state index >= 15 is 0 Å². The molecule has 1 aromatic rings. The van der Waals surface area contributed by atoms with Gasteiger partial charge in [-0.1, -0.05) is 0 Å². The van der Waals surface area contributed by atoms with E-state index in [0.29, 0.717) is 24.9 Å². The van der Waals surface area contributed by atoms with Gasteiger partial charge in [0, 0.05) is 38.6 Å². The van der Waals surface area contributed by atoms with E-state index < -0.39 is 10.0 Å². The number of hydrogen-bond donors (Lipinski definition) is 0. The van der Waals surface area contributed by atoms with Gasteiger partial charge in [0.25, 0.3) is 0 Å². The van der Waals surface area contributed by atoms with Crippen LogP contribution in [0, 0.1) is 11.8 Å². The minimum Gasteiger partial charge on any atom is -0.340 e. The summed E-state index contributed by atoms with van der Waals surface area (Å²) in [5.74, 6) is 1.56. The van der Waals surface area contributed by atoms with Crippen LogP contribution in [0.5, 0.6) is 0 Å². The van der Waals surface area contributed by atoms with E-state index in [0.717, 1.165) is 19.0 Å². The van der Waals surface area contributed by atoms with Crippen molar-refractivity contribution in [1.82, 2.24) is 14.3 Å². The summed E-state index contributed by atoms with van der Waals surface area (Å²) >= 11 is 0. The van der Waals surface area contributed by atoms with Crippen molar-refractivity contribution in [2.24, 2.45) is 11.8 Å². The third-order valence-corrected chi connectivity index (χ3v) is 4.99. The zero-order chi connectivity index (χ0) is 12.8. The van der Waals surface area contributed by atoms with Gasteiger partial charge in [-0.25, -0.2) is 22.7 Å². The summed E-state index contributed by atoms with van der Waals surface area (Å²) in [5.41, 5.74) is 0. The van der Waals surface area contributed by atoms with Gasteiger partial charge < -0.3 is 4.90 Å². The minimum atomic E-state index is -3.04. The average Bonchev–Trinajstić information content (AvgIpc) is 2.86. The molecule has 2 fully saturated rings. The second-order valence-electron chi connectivity index (χ2n) is 5.05. The van der Waals surface area contributed by atoms with Gasteiger partial charge >= 0.3 is 0 Å². The predicted molar refractivity (Wildman–Crippen MR) is 67.6 cm³/mol. The van der Waals surface area contributed by atoms with Gasteiger partial charge in [0.05, 0.1) is 6.26 Å². The van der Waals surface area contributed by atoms with Crippen LogP contribution in [0.2, 0.25) is 0 Å². The van der Waals surface area contributed by atoms with Crippen molar-refractivity contribution < 1.29 is 8.42 Å². The zero-order valence-corrected chi connectivity index (χ0v) is 11.0. The summed E-state index contributed by atoms with van der Waals surface area (Å²) in [5, 5.41) is 0. The van der Waals surface area contributed by atoms with E-state index in [9.17, 15) is 8.42 Å². The molecule has 0 bridgehead atoms.